The molecule has 86 valence electrons. The first-order valence-electron chi connectivity index (χ1n) is 4.39. The zero-order valence-electron chi connectivity index (χ0n) is 8.14. The lowest BCUT2D eigenvalue weighted by Crippen LogP contribution is -2.26. The summed E-state index contributed by atoms with van der Waals surface area (Å²) in [6.45, 7) is -0.189. The van der Waals surface area contributed by atoms with Crippen LogP contribution in [-0.2, 0) is 0 Å². The van der Waals surface area contributed by atoms with E-state index in [1.807, 2.05) is 0 Å². The summed E-state index contributed by atoms with van der Waals surface area (Å²) in [6, 6.07) is 3.77. The van der Waals surface area contributed by atoms with Crippen molar-refractivity contribution in [3.8, 4) is 0 Å². The van der Waals surface area contributed by atoms with Gasteiger partial charge in [-0.15, -0.1) is 0 Å². The number of nitro groups is 1. The Kier molecular flexibility index (Phi) is 4.21. The van der Waals surface area contributed by atoms with Crippen molar-refractivity contribution in [2.24, 2.45) is 0 Å². The number of amides is 1. The standard InChI is InChI=1S/C9H9ClN2O4/c10-6-1-2-7(8(5-6)12(15)16)9(14)11-3-4-13/h1-2,5,13H,3-4H2,(H,11,14). The van der Waals surface area contributed by atoms with Crippen LogP contribution in [0.1, 0.15) is 10.4 Å². The summed E-state index contributed by atoms with van der Waals surface area (Å²) in [6.07, 6.45) is 0. The Hall–Kier alpha value is -1.66. The number of nitro benzene ring substituents is 1. The summed E-state index contributed by atoms with van der Waals surface area (Å²) < 4.78 is 0. The molecule has 1 amide bonds. The van der Waals surface area contributed by atoms with Crippen LogP contribution in [0.3, 0.4) is 0 Å². The van der Waals surface area contributed by atoms with Gasteiger partial charge >= 0.3 is 0 Å². The van der Waals surface area contributed by atoms with E-state index >= 15 is 0 Å². The largest absolute Gasteiger partial charge is 0.395 e. The highest BCUT2D eigenvalue weighted by Crippen LogP contribution is 2.22. The summed E-state index contributed by atoms with van der Waals surface area (Å²) in [4.78, 5) is 21.5. The molecule has 1 rings (SSSR count). The second-order valence-corrected chi connectivity index (χ2v) is 3.33. The van der Waals surface area contributed by atoms with Crippen molar-refractivity contribution in [1.82, 2.24) is 5.32 Å². The molecular weight excluding hydrogens is 236 g/mol. The molecule has 0 unspecified atom stereocenters. The average molecular weight is 245 g/mol. The van der Waals surface area contributed by atoms with E-state index in [0.717, 1.165) is 6.07 Å². The molecule has 0 atom stereocenters. The Labute approximate surface area is 96.0 Å². The van der Waals surface area contributed by atoms with E-state index in [1.54, 1.807) is 0 Å². The highest BCUT2D eigenvalue weighted by molar-refractivity contribution is 6.31. The van der Waals surface area contributed by atoms with E-state index in [4.69, 9.17) is 16.7 Å². The van der Waals surface area contributed by atoms with Crippen LogP contribution >= 0.6 is 11.6 Å². The third-order valence-electron chi connectivity index (χ3n) is 1.80. The number of carbonyl (C=O) groups is 1. The maximum absolute atomic E-state index is 11.5. The molecule has 0 heterocycles. The lowest BCUT2D eigenvalue weighted by atomic mass is 10.1. The number of rotatable bonds is 4. The van der Waals surface area contributed by atoms with Gasteiger partial charge in [-0.3, -0.25) is 14.9 Å². The van der Waals surface area contributed by atoms with E-state index in [-0.39, 0.29) is 29.4 Å². The second kappa shape index (κ2) is 5.43. The molecule has 1 aromatic rings. The van der Waals surface area contributed by atoms with Crippen molar-refractivity contribution < 1.29 is 14.8 Å². The van der Waals surface area contributed by atoms with Crippen LogP contribution in [0, 0.1) is 10.1 Å². The molecule has 0 aliphatic rings. The fourth-order valence-electron chi connectivity index (χ4n) is 1.11. The molecule has 7 heteroatoms. The monoisotopic (exact) mass is 244 g/mol. The van der Waals surface area contributed by atoms with Gasteiger partial charge in [0.1, 0.15) is 5.56 Å². The van der Waals surface area contributed by atoms with Crippen molar-refractivity contribution in [2.45, 2.75) is 0 Å². The van der Waals surface area contributed by atoms with Crippen LogP contribution in [0.25, 0.3) is 0 Å². The van der Waals surface area contributed by atoms with Crippen LogP contribution in [0.2, 0.25) is 5.02 Å². The molecular formula is C9H9ClN2O4. The van der Waals surface area contributed by atoms with Gasteiger partial charge in [-0.05, 0) is 12.1 Å². The van der Waals surface area contributed by atoms with E-state index in [2.05, 4.69) is 5.32 Å². The summed E-state index contributed by atoms with van der Waals surface area (Å²) in [7, 11) is 0. The van der Waals surface area contributed by atoms with Gasteiger partial charge in [0.2, 0.25) is 0 Å². The van der Waals surface area contributed by atoms with Gasteiger partial charge in [0, 0.05) is 17.6 Å². The average Bonchev–Trinajstić information content (AvgIpc) is 2.25. The van der Waals surface area contributed by atoms with Crippen LogP contribution < -0.4 is 5.32 Å². The molecule has 0 aliphatic heterocycles. The number of hydrogen-bond acceptors (Lipinski definition) is 4. The van der Waals surface area contributed by atoms with Crippen LogP contribution in [-0.4, -0.2) is 29.1 Å². The predicted octanol–water partition coefficient (Wildman–Crippen LogP) is 0.970. The maximum Gasteiger partial charge on any atom is 0.283 e. The first kappa shape index (κ1) is 12.4. The van der Waals surface area contributed by atoms with Crippen molar-refractivity contribution in [1.29, 1.82) is 0 Å². The number of carbonyl (C=O) groups excluding carboxylic acids is 1. The molecule has 6 nitrogen and oxygen atoms in total. The minimum absolute atomic E-state index is 0.0403. The lowest BCUT2D eigenvalue weighted by molar-refractivity contribution is -0.385. The van der Waals surface area contributed by atoms with Crippen LogP contribution in [0.4, 0.5) is 5.69 Å². The molecule has 16 heavy (non-hydrogen) atoms. The van der Waals surface area contributed by atoms with E-state index in [9.17, 15) is 14.9 Å². The van der Waals surface area contributed by atoms with Gasteiger partial charge in [-0.25, -0.2) is 0 Å². The second-order valence-electron chi connectivity index (χ2n) is 2.90. The third kappa shape index (κ3) is 2.91. The zero-order valence-corrected chi connectivity index (χ0v) is 8.90. The van der Waals surface area contributed by atoms with Gasteiger partial charge in [-0.1, -0.05) is 11.6 Å². The van der Waals surface area contributed by atoms with Crippen molar-refractivity contribution >= 4 is 23.2 Å². The smallest absolute Gasteiger partial charge is 0.283 e. The number of aliphatic hydroxyl groups excluding tert-OH is 1. The normalized spacial score (nSPS) is 9.88. The summed E-state index contributed by atoms with van der Waals surface area (Å²) in [5.41, 5.74) is -0.439. The lowest BCUT2D eigenvalue weighted by Gasteiger charge is -2.04. The quantitative estimate of drug-likeness (QED) is 0.610. The zero-order chi connectivity index (χ0) is 12.1. The van der Waals surface area contributed by atoms with Gasteiger partial charge in [-0.2, -0.15) is 0 Å². The number of nitrogens with one attached hydrogen (secondary N) is 1. The summed E-state index contributed by atoms with van der Waals surface area (Å²) >= 11 is 5.59. The van der Waals surface area contributed by atoms with Gasteiger partial charge in [0.25, 0.3) is 11.6 Å². The molecule has 0 saturated heterocycles. The molecule has 0 fully saturated rings. The number of nitrogens with zero attached hydrogens (tertiary/aromatic N) is 1. The number of hydrogen-bond donors (Lipinski definition) is 2. The molecule has 0 bridgehead atoms. The molecule has 0 radical (unpaired) electrons. The summed E-state index contributed by atoms with van der Waals surface area (Å²) in [5, 5.41) is 21.7. The minimum Gasteiger partial charge on any atom is -0.395 e. The van der Waals surface area contributed by atoms with Gasteiger partial charge < -0.3 is 10.4 Å². The topological polar surface area (TPSA) is 92.5 Å². The first-order chi connectivity index (χ1) is 7.56. The van der Waals surface area contributed by atoms with Gasteiger partial charge in [0.15, 0.2) is 0 Å². The Balaban J connectivity index is 3.03. The molecule has 0 aliphatic carbocycles. The SMILES string of the molecule is O=C(NCCO)c1ccc(Cl)cc1[N+](=O)[O-]. The molecule has 0 saturated carbocycles. The predicted molar refractivity (Wildman–Crippen MR) is 57.5 cm³/mol. The van der Waals surface area contributed by atoms with Crippen molar-refractivity contribution in [3.63, 3.8) is 0 Å². The summed E-state index contributed by atoms with van der Waals surface area (Å²) in [5.74, 6) is -0.614. The van der Waals surface area contributed by atoms with Crippen LogP contribution in [0.5, 0.6) is 0 Å². The minimum atomic E-state index is -0.681. The number of benzene rings is 1. The van der Waals surface area contributed by atoms with Crippen LogP contribution in [0.15, 0.2) is 18.2 Å². The number of halogens is 1. The van der Waals surface area contributed by atoms with E-state index < -0.39 is 10.8 Å². The highest BCUT2D eigenvalue weighted by atomic mass is 35.5. The van der Waals surface area contributed by atoms with Gasteiger partial charge in [0.05, 0.1) is 11.5 Å². The third-order valence-corrected chi connectivity index (χ3v) is 2.03. The molecule has 0 spiro atoms. The van der Waals surface area contributed by atoms with Crippen molar-refractivity contribution in [2.75, 3.05) is 13.2 Å². The fraction of sp³-hybridized carbons (Fsp3) is 0.222. The van der Waals surface area contributed by atoms with Crippen molar-refractivity contribution in [3.05, 3.63) is 38.9 Å². The molecule has 0 aromatic heterocycles. The number of aliphatic hydroxyl groups is 1. The van der Waals surface area contributed by atoms with E-state index in [1.165, 1.54) is 12.1 Å². The first-order valence-corrected chi connectivity index (χ1v) is 4.77. The van der Waals surface area contributed by atoms with E-state index in [0.29, 0.717) is 0 Å². The molecule has 1 aromatic carbocycles. The maximum atomic E-state index is 11.5. The Morgan fingerprint density at radius 3 is 2.81 bits per heavy atom. The Bertz CT molecular complexity index is 422. The molecule has 2 N–H and O–H groups in total. The fourth-order valence-corrected chi connectivity index (χ4v) is 1.28. The Morgan fingerprint density at radius 1 is 1.56 bits per heavy atom. The Morgan fingerprint density at radius 2 is 2.25 bits per heavy atom. The highest BCUT2D eigenvalue weighted by Gasteiger charge is 2.19.